The molecule has 0 fully saturated rings. The van der Waals surface area contributed by atoms with Crippen molar-refractivity contribution in [2.24, 2.45) is 11.3 Å². The Balaban J connectivity index is 2.66. The lowest BCUT2D eigenvalue weighted by atomic mass is 9.80. The maximum atomic E-state index is 11.9. The minimum atomic E-state index is -1.11. The Morgan fingerprint density at radius 1 is 1.44 bits per heavy atom. The highest BCUT2D eigenvalue weighted by atomic mass is 35.5. The summed E-state index contributed by atoms with van der Waals surface area (Å²) in [5, 5.41) is 11.7. The SMILES string of the molecule is CC(C)(C)C(C(=O)O)C(=O)NCc1ccc(Cl)s1. The summed E-state index contributed by atoms with van der Waals surface area (Å²) in [5.74, 6) is -2.64. The molecule has 0 aromatic carbocycles. The van der Waals surface area contributed by atoms with Crippen molar-refractivity contribution in [3.8, 4) is 0 Å². The van der Waals surface area contributed by atoms with E-state index >= 15 is 0 Å². The monoisotopic (exact) mass is 289 g/mol. The molecule has 0 radical (unpaired) electrons. The van der Waals surface area contributed by atoms with Crippen LogP contribution >= 0.6 is 22.9 Å². The molecule has 18 heavy (non-hydrogen) atoms. The molecule has 0 spiro atoms. The van der Waals surface area contributed by atoms with Crippen LogP contribution in [0.15, 0.2) is 12.1 Å². The van der Waals surface area contributed by atoms with E-state index in [1.165, 1.54) is 11.3 Å². The number of halogens is 1. The van der Waals surface area contributed by atoms with Crippen molar-refractivity contribution in [3.05, 3.63) is 21.3 Å². The number of hydrogen-bond donors (Lipinski definition) is 2. The zero-order valence-electron chi connectivity index (χ0n) is 10.5. The van der Waals surface area contributed by atoms with E-state index in [1.807, 2.05) is 0 Å². The topological polar surface area (TPSA) is 66.4 Å². The average molecular weight is 290 g/mol. The molecule has 0 aliphatic carbocycles. The molecule has 1 rings (SSSR count). The van der Waals surface area contributed by atoms with E-state index in [4.69, 9.17) is 16.7 Å². The van der Waals surface area contributed by atoms with E-state index in [1.54, 1.807) is 32.9 Å². The maximum Gasteiger partial charge on any atom is 0.316 e. The van der Waals surface area contributed by atoms with E-state index in [0.29, 0.717) is 10.9 Å². The molecule has 0 saturated carbocycles. The van der Waals surface area contributed by atoms with Crippen LogP contribution in [0.25, 0.3) is 0 Å². The summed E-state index contributed by atoms with van der Waals surface area (Å²) in [7, 11) is 0. The fourth-order valence-corrected chi connectivity index (χ4v) is 2.63. The summed E-state index contributed by atoms with van der Waals surface area (Å²) in [6.07, 6.45) is 0. The summed E-state index contributed by atoms with van der Waals surface area (Å²) in [4.78, 5) is 23.9. The van der Waals surface area contributed by atoms with Crippen LogP contribution in [0.2, 0.25) is 4.34 Å². The molecule has 1 aromatic rings. The second-order valence-electron chi connectivity index (χ2n) is 5.06. The lowest BCUT2D eigenvalue weighted by Crippen LogP contribution is -2.42. The Morgan fingerprint density at radius 2 is 2.06 bits per heavy atom. The molecule has 100 valence electrons. The van der Waals surface area contributed by atoms with Crippen LogP contribution < -0.4 is 5.32 Å². The van der Waals surface area contributed by atoms with Crippen LogP contribution in [0.1, 0.15) is 25.6 Å². The van der Waals surface area contributed by atoms with E-state index in [0.717, 1.165) is 4.88 Å². The van der Waals surface area contributed by atoms with Gasteiger partial charge in [0.25, 0.3) is 0 Å². The van der Waals surface area contributed by atoms with Gasteiger partial charge in [-0.05, 0) is 17.5 Å². The lowest BCUT2D eigenvalue weighted by molar-refractivity contribution is -0.151. The highest BCUT2D eigenvalue weighted by molar-refractivity contribution is 7.16. The van der Waals surface area contributed by atoms with Crippen molar-refractivity contribution in [3.63, 3.8) is 0 Å². The predicted octanol–water partition coefficient (Wildman–Crippen LogP) is 2.76. The minimum Gasteiger partial charge on any atom is -0.481 e. The molecule has 0 aliphatic rings. The van der Waals surface area contributed by atoms with Crippen LogP contribution in [0, 0.1) is 11.3 Å². The Labute approximate surface area is 115 Å². The highest BCUT2D eigenvalue weighted by Crippen LogP contribution is 2.27. The van der Waals surface area contributed by atoms with Crippen molar-refractivity contribution >= 4 is 34.8 Å². The summed E-state index contributed by atoms with van der Waals surface area (Å²) in [6, 6.07) is 3.55. The number of carbonyl (C=O) groups is 2. The third-order valence-electron chi connectivity index (χ3n) is 2.44. The van der Waals surface area contributed by atoms with E-state index in [2.05, 4.69) is 5.32 Å². The number of rotatable bonds is 4. The molecule has 2 N–H and O–H groups in total. The molecule has 0 saturated heterocycles. The number of carboxylic acids is 1. The van der Waals surface area contributed by atoms with Crippen LogP contribution in [-0.4, -0.2) is 17.0 Å². The van der Waals surface area contributed by atoms with Gasteiger partial charge in [0.2, 0.25) is 5.91 Å². The number of hydrogen-bond acceptors (Lipinski definition) is 3. The van der Waals surface area contributed by atoms with Crippen LogP contribution in [0.4, 0.5) is 0 Å². The standard InChI is InChI=1S/C12H16ClNO3S/c1-12(2,3)9(11(16)17)10(15)14-6-7-4-5-8(13)18-7/h4-5,9H,6H2,1-3H3,(H,14,15)(H,16,17). The van der Waals surface area contributed by atoms with Gasteiger partial charge in [-0.1, -0.05) is 32.4 Å². The highest BCUT2D eigenvalue weighted by Gasteiger charge is 2.37. The van der Waals surface area contributed by atoms with Gasteiger partial charge in [0.1, 0.15) is 5.92 Å². The summed E-state index contributed by atoms with van der Waals surface area (Å²) >= 11 is 7.13. The second-order valence-corrected chi connectivity index (χ2v) is 6.86. The Kier molecular flexibility index (Phi) is 4.76. The normalized spacial score (nSPS) is 13.1. The zero-order chi connectivity index (χ0) is 13.9. The van der Waals surface area contributed by atoms with E-state index in [9.17, 15) is 9.59 Å². The number of nitrogens with one attached hydrogen (secondary N) is 1. The number of carbonyl (C=O) groups excluding carboxylic acids is 1. The molecule has 4 nitrogen and oxygen atoms in total. The first-order valence-corrected chi connectivity index (χ1v) is 6.66. The number of amides is 1. The van der Waals surface area contributed by atoms with Crippen LogP contribution in [0.5, 0.6) is 0 Å². The zero-order valence-corrected chi connectivity index (χ0v) is 12.1. The predicted molar refractivity (Wildman–Crippen MR) is 71.8 cm³/mol. The first-order chi connectivity index (χ1) is 8.21. The Morgan fingerprint density at radius 3 is 2.44 bits per heavy atom. The van der Waals surface area contributed by atoms with Crippen molar-refractivity contribution in [2.45, 2.75) is 27.3 Å². The fraction of sp³-hybridized carbons (Fsp3) is 0.500. The van der Waals surface area contributed by atoms with Crippen molar-refractivity contribution in [2.75, 3.05) is 0 Å². The van der Waals surface area contributed by atoms with Crippen molar-refractivity contribution in [1.82, 2.24) is 5.32 Å². The van der Waals surface area contributed by atoms with E-state index < -0.39 is 23.2 Å². The quantitative estimate of drug-likeness (QED) is 0.838. The van der Waals surface area contributed by atoms with Crippen molar-refractivity contribution < 1.29 is 14.7 Å². The summed E-state index contributed by atoms with van der Waals surface area (Å²) < 4.78 is 0.643. The first-order valence-electron chi connectivity index (χ1n) is 5.46. The van der Waals surface area contributed by atoms with Gasteiger partial charge < -0.3 is 10.4 Å². The molecule has 1 atom stereocenters. The molecule has 0 bridgehead atoms. The molecule has 1 amide bonds. The first kappa shape index (κ1) is 15.0. The maximum absolute atomic E-state index is 11.9. The van der Waals surface area contributed by atoms with Crippen LogP contribution in [-0.2, 0) is 16.1 Å². The smallest absolute Gasteiger partial charge is 0.316 e. The molecular weight excluding hydrogens is 274 g/mol. The van der Waals surface area contributed by atoms with Crippen molar-refractivity contribution in [1.29, 1.82) is 0 Å². The Hall–Kier alpha value is -1.07. The lowest BCUT2D eigenvalue weighted by Gasteiger charge is -2.25. The largest absolute Gasteiger partial charge is 0.481 e. The molecule has 1 heterocycles. The number of carboxylic acid groups (broad SMARTS) is 1. The molecule has 1 unspecified atom stereocenters. The van der Waals surface area contributed by atoms with E-state index in [-0.39, 0.29) is 0 Å². The fourth-order valence-electron chi connectivity index (χ4n) is 1.60. The number of thiophene rings is 1. The molecule has 6 heteroatoms. The second kappa shape index (κ2) is 5.71. The third kappa shape index (κ3) is 3.99. The van der Waals surface area contributed by atoms with Gasteiger partial charge >= 0.3 is 5.97 Å². The van der Waals surface area contributed by atoms with Gasteiger partial charge in [0.15, 0.2) is 0 Å². The molecular formula is C12H16ClNO3S. The van der Waals surface area contributed by atoms with Crippen LogP contribution in [0.3, 0.4) is 0 Å². The summed E-state index contributed by atoms with van der Waals surface area (Å²) in [6.45, 7) is 5.49. The number of aliphatic carboxylic acids is 1. The third-order valence-corrected chi connectivity index (χ3v) is 3.67. The summed E-state index contributed by atoms with van der Waals surface area (Å²) in [5.41, 5.74) is -0.622. The van der Waals surface area contributed by atoms with Gasteiger partial charge in [-0.3, -0.25) is 9.59 Å². The molecule has 0 aliphatic heterocycles. The van der Waals surface area contributed by atoms with Gasteiger partial charge in [-0.2, -0.15) is 0 Å². The average Bonchev–Trinajstić information content (AvgIpc) is 2.58. The minimum absolute atomic E-state index is 0.302. The van der Waals surface area contributed by atoms with Gasteiger partial charge in [0.05, 0.1) is 10.9 Å². The van der Waals surface area contributed by atoms with Gasteiger partial charge in [-0.15, -0.1) is 11.3 Å². The molecule has 1 aromatic heterocycles. The van der Waals surface area contributed by atoms with Gasteiger partial charge in [0, 0.05) is 4.88 Å². The van der Waals surface area contributed by atoms with Gasteiger partial charge in [-0.25, -0.2) is 0 Å². The Bertz CT molecular complexity index is 450.